The van der Waals surface area contributed by atoms with Gasteiger partial charge in [-0.15, -0.1) is 0 Å². The number of carbonyl (C=O) groups is 2. The zero-order valence-electron chi connectivity index (χ0n) is 36.2. The Morgan fingerprint density at radius 1 is 0.500 bits per heavy atom. The average molecular weight is 790 g/mol. The molecule has 0 fully saturated rings. The van der Waals surface area contributed by atoms with Crippen LogP contribution in [0.15, 0.2) is 0 Å². The molecule has 0 bridgehead atoms. The summed E-state index contributed by atoms with van der Waals surface area (Å²) in [5.41, 5.74) is 0. The van der Waals surface area contributed by atoms with Crippen molar-refractivity contribution in [3.05, 3.63) is 0 Å². The van der Waals surface area contributed by atoms with E-state index in [0.717, 1.165) is 32.1 Å². The maximum absolute atomic E-state index is 12.7. The summed E-state index contributed by atoms with van der Waals surface area (Å²) in [6, 6.07) is 0. The number of hydrogen-bond acceptors (Lipinski definition) is 8. The molecule has 0 rings (SSSR count). The van der Waals surface area contributed by atoms with Gasteiger partial charge in [-0.25, -0.2) is 0 Å². The number of phosphoric ester groups is 1. The minimum atomic E-state index is -4.61. The first kappa shape index (κ1) is 53.0. The zero-order chi connectivity index (χ0) is 40.0. The molecule has 54 heavy (non-hydrogen) atoms. The normalized spacial score (nSPS) is 13.5. The molecule has 0 saturated heterocycles. The van der Waals surface area contributed by atoms with E-state index in [1.54, 1.807) is 0 Å². The fraction of sp³-hybridized carbons (Fsp3) is 0.955. The van der Waals surface area contributed by atoms with Crippen molar-refractivity contribution in [2.75, 3.05) is 47.5 Å². The van der Waals surface area contributed by atoms with E-state index in [2.05, 4.69) is 13.8 Å². The molecule has 0 aromatic heterocycles. The van der Waals surface area contributed by atoms with E-state index in [1.807, 2.05) is 21.1 Å². The van der Waals surface area contributed by atoms with Gasteiger partial charge in [-0.3, -0.25) is 14.2 Å². The van der Waals surface area contributed by atoms with E-state index in [1.165, 1.54) is 154 Å². The van der Waals surface area contributed by atoms with Gasteiger partial charge in [0.05, 0.1) is 27.7 Å². The summed E-state index contributed by atoms with van der Waals surface area (Å²) >= 11 is 0. The number of quaternary nitrogens is 1. The second-order valence-corrected chi connectivity index (χ2v) is 18.2. The summed E-state index contributed by atoms with van der Waals surface area (Å²) in [6.45, 7) is 4.26. The van der Waals surface area contributed by atoms with Crippen LogP contribution in [0.5, 0.6) is 0 Å². The van der Waals surface area contributed by atoms with Crippen LogP contribution >= 0.6 is 7.82 Å². The van der Waals surface area contributed by atoms with E-state index < -0.39 is 26.5 Å². The maximum Gasteiger partial charge on any atom is 0.306 e. The smallest absolute Gasteiger partial charge is 0.306 e. The van der Waals surface area contributed by atoms with Gasteiger partial charge in [0.1, 0.15) is 19.8 Å². The van der Waals surface area contributed by atoms with E-state index in [4.69, 9.17) is 18.5 Å². The third-order valence-electron chi connectivity index (χ3n) is 10.1. The summed E-state index contributed by atoms with van der Waals surface area (Å²) in [7, 11) is 1.18. The summed E-state index contributed by atoms with van der Waals surface area (Å²) in [5.74, 6) is -0.820. The number of rotatable bonds is 42. The van der Waals surface area contributed by atoms with Crippen molar-refractivity contribution in [3.8, 4) is 0 Å². The minimum Gasteiger partial charge on any atom is -0.756 e. The van der Waals surface area contributed by atoms with Crippen molar-refractivity contribution in [3.63, 3.8) is 0 Å². The predicted molar refractivity (Wildman–Crippen MR) is 222 cm³/mol. The molecule has 0 radical (unpaired) electrons. The number of unbranched alkanes of at least 4 members (excludes halogenated alkanes) is 28. The van der Waals surface area contributed by atoms with E-state index >= 15 is 0 Å². The molecule has 0 saturated carbocycles. The molecule has 2 atom stereocenters. The predicted octanol–water partition coefficient (Wildman–Crippen LogP) is 12.2. The Morgan fingerprint density at radius 3 is 1.19 bits per heavy atom. The summed E-state index contributed by atoms with van der Waals surface area (Å²) in [5, 5.41) is 0. The van der Waals surface area contributed by atoms with Gasteiger partial charge in [-0.05, 0) is 12.8 Å². The molecule has 0 aliphatic rings. The lowest BCUT2D eigenvalue weighted by molar-refractivity contribution is -0.870. The molecule has 0 amide bonds. The van der Waals surface area contributed by atoms with Crippen molar-refractivity contribution in [1.29, 1.82) is 0 Å². The molecule has 0 aromatic carbocycles. The van der Waals surface area contributed by atoms with Crippen LogP contribution in [0.25, 0.3) is 0 Å². The van der Waals surface area contributed by atoms with E-state index in [0.29, 0.717) is 17.4 Å². The molecule has 10 heteroatoms. The molecule has 1 unspecified atom stereocenters. The number of nitrogens with zero attached hydrogens (tertiary/aromatic N) is 1. The van der Waals surface area contributed by atoms with Gasteiger partial charge in [0, 0.05) is 12.8 Å². The molecule has 9 nitrogen and oxygen atoms in total. The molecule has 0 aliphatic carbocycles. The van der Waals surface area contributed by atoms with E-state index in [9.17, 15) is 19.0 Å². The van der Waals surface area contributed by atoms with Crippen LogP contribution in [0.4, 0.5) is 0 Å². The number of ether oxygens (including phenoxy) is 2. The highest BCUT2D eigenvalue weighted by molar-refractivity contribution is 7.45. The fourth-order valence-electron chi connectivity index (χ4n) is 6.54. The first-order valence-corrected chi connectivity index (χ1v) is 24.2. The van der Waals surface area contributed by atoms with Crippen molar-refractivity contribution in [2.45, 2.75) is 225 Å². The van der Waals surface area contributed by atoms with Crippen LogP contribution in [0, 0.1) is 0 Å². The van der Waals surface area contributed by atoms with Gasteiger partial charge in [0.15, 0.2) is 6.10 Å². The number of phosphoric acid groups is 1. The van der Waals surface area contributed by atoms with Crippen molar-refractivity contribution >= 4 is 19.8 Å². The minimum absolute atomic E-state index is 0.0257. The quantitative estimate of drug-likeness (QED) is 0.0260. The molecule has 0 aromatic rings. The highest BCUT2D eigenvalue weighted by atomic mass is 31.2. The van der Waals surface area contributed by atoms with Gasteiger partial charge in [-0.1, -0.05) is 194 Å². The van der Waals surface area contributed by atoms with Crippen LogP contribution in [-0.4, -0.2) is 70.0 Å². The number of likely N-dealkylation sites (N-methyl/N-ethyl adjacent to an activating group) is 1. The van der Waals surface area contributed by atoms with Crippen LogP contribution in [0.3, 0.4) is 0 Å². The monoisotopic (exact) mass is 790 g/mol. The van der Waals surface area contributed by atoms with Crippen LogP contribution in [-0.2, 0) is 32.7 Å². The second-order valence-electron chi connectivity index (χ2n) is 16.8. The van der Waals surface area contributed by atoms with Crippen molar-refractivity contribution in [1.82, 2.24) is 0 Å². The third-order valence-corrected chi connectivity index (χ3v) is 11.1. The molecule has 0 spiro atoms. The highest BCUT2D eigenvalue weighted by Gasteiger charge is 2.21. The summed E-state index contributed by atoms with van der Waals surface area (Å²) in [4.78, 5) is 37.5. The SMILES string of the molecule is CCCCCCCCCCCCCCCCCCCCCC(=O)O[C@H](COC(=O)CCCCCCCCCCCCC)COP(=O)([O-])OCC[N+](C)(C)C. The van der Waals surface area contributed by atoms with Crippen LogP contribution < -0.4 is 4.89 Å². The molecule has 0 aliphatic heterocycles. The lowest BCUT2D eigenvalue weighted by atomic mass is 10.0. The molecule has 0 heterocycles. The lowest BCUT2D eigenvalue weighted by Crippen LogP contribution is -2.37. The maximum atomic E-state index is 12.7. The van der Waals surface area contributed by atoms with Gasteiger partial charge < -0.3 is 27.9 Å². The largest absolute Gasteiger partial charge is 0.756 e. The Bertz CT molecular complexity index is 896. The number of esters is 2. The second kappa shape index (κ2) is 37.6. The lowest BCUT2D eigenvalue weighted by Gasteiger charge is -2.28. The Balaban J connectivity index is 4.25. The molecule has 0 N–H and O–H groups in total. The molecule has 322 valence electrons. The number of carbonyl (C=O) groups excluding carboxylic acids is 2. The van der Waals surface area contributed by atoms with Crippen molar-refractivity contribution < 1.29 is 42.1 Å². The topological polar surface area (TPSA) is 111 Å². The highest BCUT2D eigenvalue weighted by Crippen LogP contribution is 2.38. The Hall–Kier alpha value is -0.990. The molecular weight excluding hydrogens is 701 g/mol. The zero-order valence-corrected chi connectivity index (χ0v) is 37.1. The Labute approximate surface area is 334 Å². The Morgan fingerprint density at radius 2 is 0.833 bits per heavy atom. The average Bonchev–Trinajstić information content (AvgIpc) is 3.12. The van der Waals surface area contributed by atoms with Gasteiger partial charge in [-0.2, -0.15) is 0 Å². The van der Waals surface area contributed by atoms with E-state index in [-0.39, 0.29) is 32.0 Å². The van der Waals surface area contributed by atoms with Crippen molar-refractivity contribution in [2.24, 2.45) is 0 Å². The fourth-order valence-corrected chi connectivity index (χ4v) is 7.27. The Kier molecular flexibility index (Phi) is 36.9. The van der Waals surface area contributed by atoms with Crippen LogP contribution in [0.2, 0.25) is 0 Å². The third kappa shape index (κ3) is 40.7. The van der Waals surface area contributed by atoms with Gasteiger partial charge in [0.25, 0.3) is 7.82 Å². The van der Waals surface area contributed by atoms with Gasteiger partial charge >= 0.3 is 11.9 Å². The number of hydrogen-bond donors (Lipinski definition) is 0. The summed E-state index contributed by atoms with van der Waals surface area (Å²) in [6.07, 6.45) is 37.0. The molecular formula is C44H88NO8P. The summed E-state index contributed by atoms with van der Waals surface area (Å²) < 4.78 is 33.9. The first-order valence-electron chi connectivity index (χ1n) is 22.7. The first-order chi connectivity index (χ1) is 26.0. The van der Waals surface area contributed by atoms with Gasteiger partial charge in [0.2, 0.25) is 0 Å². The standard InChI is InChI=1S/C44H88NO8P/c1-6-8-10-12-14-16-18-19-20-21-22-23-24-25-27-29-31-33-35-37-44(47)53-42(41-52-54(48,49)51-39-38-45(3,4)5)40-50-43(46)36-34-32-30-28-26-17-15-13-11-9-7-2/h42H,6-41H2,1-5H3/t42-/m1/s1. The van der Waals surface area contributed by atoms with Crippen LogP contribution in [0.1, 0.15) is 219 Å².